The van der Waals surface area contributed by atoms with Gasteiger partial charge >= 0.3 is 0 Å². The van der Waals surface area contributed by atoms with Crippen molar-refractivity contribution in [2.24, 2.45) is 10.9 Å². The molecule has 27 heavy (non-hydrogen) atoms. The van der Waals surface area contributed by atoms with Crippen LogP contribution in [0.25, 0.3) is 10.9 Å². The van der Waals surface area contributed by atoms with Gasteiger partial charge in [0.05, 0.1) is 0 Å². The summed E-state index contributed by atoms with van der Waals surface area (Å²) in [4.78, 5) is 10.0. The summed E-state index contributed by atoms with van der Waals surface area (Å²) in [5.41, 5.74) is 2.62. The van der Waals surface area contributed by atoms with Crippen molar-refractivity contribution in [3.8, 4) is 0 Å². The number of aliphatic imine (C=N–C) groups is 1. The first-order valence-electron chi connectivity index (χ1n) is 9.82. The summed E-state index contributed by atoms with van der Waals surface area (Å²) < 4.78 is 5.45. The minimum atomic E-state index is 0. The second-order valence-corrected chi connectivity index (χ2v) is 7.20. The maximum absolute atomic E-state index is 5.45. The summed E-state index contributed by atoms with van der Waals surface area (Å²) in [6, 6.07) is 8.50. The SMILES string of the molecule is CN=C(NCCCc1c[nH]c2ccccc12)N(C)CCC1CCOCC1.I. The highest BCUT2D eigenvalue weighted by Crippen LogP contribution is 2.19. The van der Waals surface area contributed by atoms with E-state index in [1.54, 1.807) is 0 Å². The number of nitrogens with one attached hydrogen (secondary N) is 2. The molecule has 2 aromatic rings. The molecule has 0 amide bonds. The molecule has 1 fully saturated rings. The van der Waals surface area contributed by atoms with Gasteiger partial charge in [0.1, 0.15) is 0 Å². The van der Waals surface area contributed by atoms with E-state index in [0.29, 0.717) is 0 Å². The third kappa shape index (κ3) is 6.38. The first-order chi connectivity index (χ1) is 12.8. The first-order valence-corrected chi connectivity index (χ1v) is 9.82. The fourth-order valence-electron chi connectivity index (χ4n) is 3.72. The second-order valence-electron chi connectivity index (χ2n) is 7.20. The summed E-state index contributed by atoms with van der Waals surface area (Å²) in [5.74, 6) is 1.79. The molecule has 150 valence electrons. The van der Waals surface area contributed by atoms with Crippen LogP contribution in [0.5, 0.6) is 0 Å². The molecule has 2 N–H and O–H groups in total. The lowest BCUT2D eigenvalue weighted by molar-refractivity contribution is 0.0625. The van der Waals surface area contributed by atoms with Gasteiger partial charge in [-0.1, -0.05) is 18.2 Å². The Bertz CT molecular complexity index is 709. The van der Waals surface area contributed by atoms with E-state index in [1.165, 1.54) is 35.7 Å². The van der Waals surface area contributed by atoms with Crippen molar-refractivity contribution < 1.29 is 4.74 Å². The van der Waals surface area contributed by atoms with E-state index in [2.05, 4.69) is 57.7 Å². The Balaban J connectivity index is 0.00000261. The van der Waals surface area contributed by atoms with Gasteiger partial charge in [-0.3, -0.25) is 4.99 Å². The van der Waals surface area contributed by atoms with Crippen LogP contribution in [-0.4, -0.2) is 56.2 Å². The van der Waals surface area contributed by atoms with Crippen LogP contribution in [0.15, 0.2) is 35.5 Å². The van der Waals surface area contributed by atoms with Gasteiger partial charge in [-0.25, -0.2) is 0 Å². The number of aromatic nitrogens is 1. The number of aromatic amines is 1. The van der Waals surface area contributed by atoms with Crippen LogP contribution in [0.1, 0.15) is 31.2 Å². The van der Waals surface area contributed by atoms with Crippen LogP contribution in [0.2, 0.25) is 0 Å². The van der Waals surface area contributed by atoms with Crippen LogP contribution < -0.4 is 5.32 Å². The van der Waals surface area contributed by atoms with Gasteiger partial charge in [-0.05, 0) is 49.7 Å². The van der Waals surface area contributed by atoms with E-state index in [9.17, 15) is 0 Å². The molecule has 0 saturated carbocycles. The number of H-pyrrole nitrogens is 1. The maximum atomic E-state index is 5.45. The predicted octanol–water partition coefficient (Wildman–Crippen LogP) is 4.04. The van der Waals surface area contributed by atoms with Gasteiger partial charge in [-0.2, -0.15) is 0 Å². The Morgan fingerprint density at radius 1 is 1.30 bits per heavy atom. The monoisotopic (exact) mass is 484 g/mol. The fraction of sp³-hybridized carbons (Fsp3) is 0.571. The van der Waals surface area contributed by atoms with E-state index in [0.717, 1.165) is 51.0 Å². The third-order valence-electron chi connectivity index (χ3n) is 5.37. The Kier molecular flexibility index (Phi) is 9.41. The van der Waals surface area contributed by atoms with Crippen molar-refractivity contribution in [3.63, 3.8) is 0 Å². The van der Waals surface area contributed by atoms with E-state index in [1.807, 2.05) is 7.05 Å². The minimum absolute atomic E-state index is 0. The lowest BCUT2D eigenvalue weighted by atomic mass is 9.96. The molecule has 0 radical (unpaired) electrons. The molecule has 0 bridgehead atoms. The number of benzene rings is 1. The van der Waals surface area contributed by atoms with Crippen LogP contribution in [0.4, 0.5) is 0 Å². The smallest absolute Gasteiger partial charge is 0.193 e. The summed E-state index contributed by atoms with van der Waals surface area (Å²) in [6.45, 7) is 3.84. The molecular formula is C21H33IN4O. The largest absolute Gasteiger partial charge is 0.381 e. The second kappa shape index (κ2) is 11.5. The maximum Gasteiger partial charge on any atom is 0.193 e. The number of hydrogen-bond donors (Lipinski definition) is 2. The van der Waals surface area contributed by atoms with Gasteiger partial charge in [0, 0.05) is 57.5 Å². The topological polar surface area (TPSA) is 52.7 Å². The molecule has 1 saturated heterocycles. The lowest BCUT2D eigenvalue weighted by Crippen LogP contribution is -2.40. The zero-order chi connectivity index (χ0) is 18.2. The molecule has 3 rings (SSSR count). The van der Waals surface area contributed by atoms with Gasteiger partial charge in [-0.15, -0.1) is 24.0 Å². The minimum Gasteiger partial charge on any atom is -0.381 e. The van der Waals surface area contributed by atoms with E-state index < -0.39 is 0 Å². The lowest BCUT2D eigenvalue weighted by Gasteiger charge is -2.26. The van der Waals surface area contributed by atoms with Crippen LogP contribution in [-0.2, 0) is 11.2 Å². The van der Waals surface area contributed by atoms with Gasteiger partial charge < -0.3 is 19.9 Å². The zero-order valence-electron chi connectivity index (χ0n) is 16.5. The van der Waals surface area contributed by atoms with Crippen molar-refractivity contribution >= 4 is 40.8 Å². The van der Waals surface area contributed by atoms with Crippen molar-refractivity contribution in [1.82, 2.24) is 15.2 Å². The average molecular weight is 484 g/mol. The number of ether oxygens (including phenoxy) is 1. The molecule has 5 nitrogen and oxygen atoms in total. The number of nitrogens with zero attached hydrogens (tertiary/aromatic N) is 2. The fourth-order valence-corrected chi connectivity index (χ4v) is 3.72. The van der Waals surface area contributed by atoms with Crippen molar-refractivity contribution in [3.05, 3.63) is 36.0 Å². The Labute approximate surface area is 180 Å². The molecule has 6 heteroatoms. The summed E-state index contributed by atoms with van der Waals surface area (Å²) in [5, 5.41) is 4.85. The van der Waals surface area contributed by atoms with Crippen molar-refractivity contribution in [1.29, 1.82) is 0 Å². The number of halogens is 1. The molecule has 0 spiro atoms. The molecule has 0 aliphatic carbocycles. The van der Waals surface area contributed by atoms with Crippen LogP contribution >= 0.6 is 24.0 Å². The quantitative estimate of drug-likeness (QED) is 0.270. The molecule has 1 aliphatic rings. The number of rotatable bonds is 7. The number of guanidine groups is 1. The molecular weight excluding hydrogens is 451 g/mol. The number of aryl methyl sites for hydroxylation is 1. The number of para-hydroxylation sites is 1. The summed E-state index contributed by atoms with van der Waals surface area (Å²) >= 11 is 0. The van der Waals surface area contributed by atoms with E-state index >= 15 is 0 Å². The third-order valence-corrected chi connectivity index (χ3v) is 5.37. The molecule has 1 aromatic carbocycles. The summed E-state index contributed by atoms with van der Waals surface area (Å²) in [7, 11) is 4.00. The van der Waals surface area contributed by atoms with Crippen LogP contribution in [0, 0.1) is 5.92 Å². The molecule has 0 unspecified atom stereocenters. The molecule has 1 aromatic heterocycles. The van der Waals surface area contributed by atoms with Gasteiger partial charge in [0.25, 0.3) is 0 Å². The van der Waals surface area contributed by atoms with E-state index in [4.69, 9.17) is 4.74 Å². The molecule has 1 aliphatic heterocycles. The Hall–Kier alpha value is -1.28. The number of hydrogen-bond acceptors (Lipinski definition) is 2. The van der Waals surface area contributed by atoms with Crippen molar-refractivity contribution in [2.75, 3.05) is 40.4 Å². The first kappa shape index (κ1) is 22.0. The van der Waals surface area contributed by atoms with Gasteiger partial charge in [0.2, 0.25) is 0 Å². The summed E-state index contributed by atoms with van der Waals surface area (Å²) in [6.07, 6.45) is 7.92. The molecule has 2 heterocycles. The van der Waals surface area contributed by atoms with Crippen molar-refractivity contribution in [2.45, 2.75) is 32.1 Å². The normalized spacial score (nSPS) is 15.6. The highest BCUT2D eigenvalue weighted by Gasteiger charge is 2.15. The average Bonchev–Trinajstić information content (AvgIpc) is 3.10. The van der Waals surface area contributed by atoms with Gasteiger partial charge in [0.15, 0.2) is 5.96 Å². The van der Waals surface area contributed by atoms with E-state index in [-0.39, 0.29) is 24.0 Å². The molecule has 0 atom stereocenters. The van der Waals surface area contributed by atoms with Crippen LogP contribution in [0.3, 0.4) is 0 Å². The highest BCUT2D eigenvalue weighted by atomic mass is 127. The highest BCUT2D eigenvalue weighted by molar-refractivity contribution is 14.0. The zero-order valence-corrected chi connectivity index (χ0v) is 18.9. The Morgan fingerprint density at radius 3 is 2.85 bits per heavy atom. The number of fused-ring (bicyclic) bond motifs is 1. The predicted molar refractivity (Wildman–Crippen MR) is 124 cm³/mol. The standard InChI is InChI=1S/C21H32N4O.HI/c1-22-21(25(2)13-9-17-10-14-26-15-11-17)23-12-5-6-18-16-24-20-8-4-3-7-19(18)20;/h3-4,7-8,16-17,24H,5-6,9-15H2,1-2H3,(H,22,23);1H. The Morgan fingerprint density at radius 2 is 2.07 bits per heavy atom.